The molecule has 9 heteroatoms. The van der Waals surface area contributed by atoms with E-state index in [0.717, 1.165) is 4.70 Å². The SMILES string of the molecule is C=CCN(CC=C)S(=O)(=O)c1ccc(C(=O)Nc2nc3c(Cl)cccc3s2)cc1. The summed E-state index contributed by atoms with van der Waals surface area (Å²) < 4.78 is 27.6. The molecule has 0 unspecified atom stereocenters. The van der Waals surface area contributed by atoms with Gasteiger partial charge in [-0.15, -0.1) is 13.2 Å². The van der Waals surface area contributed by atoms with Crippen LogP contribution in [0.15, 0.2) is 72.7 Å². The van der Waals surface area contributed by atoms with Crippen molar-refractivity contribution in [3.63, 3.8) is 0 Å². The molecule has 1 amide bonds. The van der Waals surface area contributed by atoms with Gasteiger partial charge >= 0.3 is 0 Å². The number of carbonyl (C=O) groups is 1. The number of hydrogen-bond acceptors (Lipinski definition) is 5. The van der Waals surface area contributed by atoms with E-state index in [-0.39, 0.29) is 18.0 Å². The van der Waals surface area contributed by atoms with Crippen LogP contribution in [0.1, 0.15) is 10.4 Å². The van der Waals surface area contributed by atoms with Gasteiger partial charge in [0.25, 0.3) is 5.91 Å². The second-order valence-corrected chi connectivity index (χ2v) is 9.36. The van der Waals surface area contributed by atoms with E-state index in [9.17, 15) is 13.2 Å². The number of carbonyl (C=O) groups excluding carboxylic acids is 1. The topological polar surface area (TPSA) is 79.4 Å². The van der Waals surface area contributed by atoms with Crippen LogP contribution in [0.5, 0.6) is 0 Å². The lowest BCUT2D eigenvalue weighted by Crippen LogP contribution is -2.31. The number of rotatable bonds is 8. The third kappa shape index (κ3) is 4.56. The Morgan fingerprint density at radius 3 is 2.38 bits per heavy atom. The molecule has 0 radical (unpaired) electrons. The molecule has 29 heavy (non-hydrogen) atoms. The molecular formula is C20H18ClN3O3S2. The normalized spacial score (nSPS) is 11.5. The third-order valence-corrected chi connectivity index (χ3v) is 7.10. The van der Waals surface area contributed by atoms with Gasteiger partial charge in [-0.1, -0.05) is 41.2 Å². The summed E-state index contributed by atoms with van der Waals surface area (Å²) in [5, 5.41) is 3.65. The highest BCUT2D eigenvalue weighted by atomic mass is 35.5. The molecule has 0 fully saturated rings. The average molecular weight is 448 g/mol. The fourth-order valence-electron chi connectivity index (χ4n) is 2.62. The minimum Gasteiger partial charge on any atom is -0.298 e. The predicted octanol–water partition coefficient (Wildman–Crippen LogP) is 4.56. The zero-order valence-electron chi connectivity index (χ0n) is 15.3. The number of sulfonamides is 1. The van der Waals surface area contributed by atoms with Gasteiger partial charge in [-0.3, -0.25) is 10.1 Å². The number of amides is 1. The van der Waals surface area contributed by atoms with Crippen molar-refractivity contribution < 1.29 is 13.2 Å². The summed E-state index contributed by atoms with van der Waals surface area (Å²) >= 11 is 7.42. The number of benzene rings is 2. The summed E-state index contributed by atoms with van der Waals surface area (Å²) in [6, 6.07) is 11.1. The summed E-state index contributed by atoms with van der Waals surface area (Å²) in [5.74, 6) is -0.391. The summed E-state index contributed by atoms with van der Waals surface area (Å²) in [5.41, 5.74) is 0.939. The van der Waals surface area contributed by atoms with Crippen LogP contribution in [0.3, 0.4) is 0 Å². The van der Waals surface area contributed by atoms with Gasteiger partial charge in [-0.05, 0) is 36.4 Å². The molecule has 0 spiro atoms. The number of halogens is 1. The molecule has 1 aromatic heterocycles. The molecule has 0 saturated heterocycles. The molecular weight excluding hydrogens is 430 g/mol. The molecule has 1 heterocycles. The van der Waals surface area contributed by atoms with Crippen LogP contribution in [-0.4, -0.2) is 36.7 Å². The molecule has 3 rings (SSSR count). The van der Waals surface area contributed by atoms with Crippen LogP contribution in [0.25, 0.3) is 10.2 Å². The molecule has 0 aliphatic carbocycles. The van der Waals surface area contributed by atoms with Crippen molar-refractivity contribution >= 4 is 54.2 Å². The number of aromatic nitrogens is 1. The molecule has 150 valence electrons. The number of nitrogens with zero attached hydrogens (tertiary/aromatic N) is 2. The van der Waals surface area contributed by atoms with Gasteiger partial charge in [0.2, 0.25) is 10.0 Å². The highest BCUT2D eigenvalue weighted by Crippen LogP contribution is 2.30. The second-order valence-electron chi connectivity index (χ2n) is 5.98. The monoisotopic (exact) mass is 447 g/mol. The lowest BCUT2D eigenvalue weighted by atomic mass is 10.2. The Labute approximate surface area is 178 Å². The fraction of sp³-hybridized carbons (Fsp3) is 0.100. The molecule has 2 aromatic carbocycles. The highest BCUT2D eigenvalue weighted by Gasteiger charge is 2.22. The van der Waals surface area contributed by atoms with Crippen LogP contribution < -0.4 is 5.32 Å². The van der Waals surface area contributed by atoms with Crippen LogP contribution in [0, 0.1) is 0 Å². The fourth-order valence-corrected chi connectivity index (χ4v) is 5.17. The summed E-state index contributed by atoms with van der Waals surface area (Å²) in [4.78, 5) is 16.9. The van der Waals surface area contributed by atoms with Crippen molar-refractivity contribution in [2.45, 2.75) is 4.90 Å². The first-order valence-corrected chi connectivity index (χ1v) is 11.2. The van der Waals surface area contributed by atoms with Gasteiger partial charge in [-0.2, -0.15) is 4.31 Å². The van der Waals surface area contributed by atoms with Crippen LogP contribution in [-0.2, 0) is 10.0 Å². The number of thiazole rings is 1. The minimum absolute atomic E-state index is 0.0875. The third-order valence-electron chi connectivity index (χ3n) is 4.01. The van der Waals surface area contributed by atoms with Gasteiger partial charge < -0.3 is 0 Å². The Kier molecular flexibility index (Phi) is 6.49. The molecule has 0 bridgehead atoms. The lowest BCUT2D eigenvalue weighted by Gasteiger charge is -2.19. The maximum atomic E-state index is 12.7. The number of nitrogens with one attached hydrogen (secondary N) is 1. The molecule has 0 atom stereocenters. The molecule has 0 saturated carbocycles. The van der Waals surface area contributed by atoms with Crippen molar-refractivity contribution in [3.8, 4) is 0 Å². The van der Waals surface area contributed by atoms with Crippen molar-refractivity contribution in [2.24, 2.45) is 0 Å². The smallest absolute Gasteiger partial charge is 0.257 e. The number of hydrogen-bond donors (Lipinski definition) is 1. The van der Waals surface area contributed by atoms with E-state index < -0.39 is 15.9 Å². The van der Waals surface area contributed by atoms with Crippen LogP contribution in [0.2, 0.25) is 5.02 Å². The van der Waals surface area contributed by atoms with Crippen molar-refractivity contribution in [1.29, 1.82) is 0 Å². The predicted molar refractivity (Wildman–Crippen MR) is 118 cm³/mol. The number of para-hydroxylation sites is 1. The standard InChI is InChI=1S/C20H18ClN3O3S2/c1-3-12-24(13-4-2)29(26,27)15-10-8-14(9-11-15)19(25)23-20-22-18-16(21)6-5-7-17(18)28-20/h3-11H,1-2,12-13H2,(H,22,23,25). The van der Waals surface area contributed by atoms with Gasteiger partial charge in [0.15, 0.2) is 5.13 Å². The average Bonchev–Trinajstić information content (AvgIpc) is 3.12. The van der Waals surface area contributed by atoms with Crippen LogP contribution in [0.4, 0.5) is 5.13 Å². The first kappa shape index (κ1) is 21.2. The Morgan fingerprint density at radius 2 is 1.79 bits per heavy atom. The van der Waals surface area contributed by atoms with Crippen molar-refractivity contribution in [1.82, 2.24) is 9.29 Å². The molecule has 6 nitrogen and oxygen atoms in total. The van der Waals surface area contributed by atoms with Gasteiger partial charge in [0.1, 0.15) is 5.52 Å². The Morgan fingerprint density at radius 1 is 1.14 bits per heavy atom. The van der Waals surface area contributed by atoms with E-state index in [1.807, 2.05) is 12.1 Å². The summed E-state index contributed by atoms with van der Waals surface area (Å²) in [7, 11) is -3.71. The molecule has 1 N–H and O–H groups in total. The van der Waals surface area contributed by atoms with E-state index >= 15 is 0 Å². The quantitative estimate of drug-likeness (QED) is 0.513. The van der Waals surface area contributed by atoms with Gasteiger partial charge in [0.05, 0.1) is 14.6 Å². The number of anilines is 1. The maximum absolute atomic E-state index is 12.7. The maximum Gasteiger partial charge on any atom is 0.257 e. The molecule has 0 aliphatic heterocycles. The second kappa shape index (κ2) is 8.87. The Bertz CT molecular complexity index is 1160. The highest BCUT2D eigenvalue weighted by molar-refractivity contribution is 7.89. The lowest BCUT2D eigenvalue weighted by molar-refractivity contribution is 0.102. The largest absolute Gasteiger partial charge is 0.298 e. The number of fused-ring (bicyclic) bond motifs is 1. The summed E-state index contributed by atoms with van der Waals surface area (Å²) in [6.45, 7) is 7.49. The van der Waals surface area contributed by atoms with Gasteiger partial charge in [0, 0.05) is 18.7 Å². The Hall–Kier alpha value is -2.52. The van der Waals surface area contributed by atoms with Gasteiger partial charge in [-0.25, -0.2) is 13.4 Å². The minimum atomic E-state index is -3.71. The van der Waals surface area contributed by atoms with Crippen molar-refractivity contribution in [2.75, 3.05) is 18.4 Å². The first-order valence-electron chi connectivity index (χ1n) is 8.55. The summed E-state index contributed by atoms with van der Waals surface area (Å²) in [6.07, 6.45) is 3.01. The molecule has 3 aromatic rings. The van der Waals surface area contributed by atoms with E-state index in [4.69, 9.17) is 11.6 Å². The van der Waals surface area contributed by atoms with E-state index in [1.165, 1.54) is 52.1 Å². The van der Waals surface area contributed by atoms with Crippen molar-refractivity contribution in [3.05, 3.63) is 78.4 Å². The zero-order valence-corrected chi connectivity index (χ0v) is 17.7. The molecule has 0 aliphatic rings. The zero-order chi connectivity index (χ0) is 21.0. The van der Waals surface area contributed by atoms with E-state index in [0.29, 0.717) is 21.2 Å². The van der Waals surface area contributed by atoms with E-state index in [2.05, 4.69) is 23.5 Å². The Balaban J connectivity index is 1.79. The first-order chi connectivity index (χ1) is 13.9. The van der Waals surface area contributed by atoms with E-state index in [1.54, 1.807) is 6.07 Å². The van der Waals surface area contributed by atoms with Crippen LogP contribution >= 0.6 is 22.9 Å².